The molecule has 0 heterocycles. The minimum Gasteiger partial charge on any atom is -0.298 e. The number of fused-ring (bicyclic) bond motifs is 1. The van der Waals surface area contributed by atoms with Gasteiger partial charge in [0.05, 0.1) is 0 Å². The van der Waals surface area contributed by atoms with Crippen LogP contribution in [0.4, 0.5) is 8.78 Å². The fourth-order valence-electron chi connectivity index (χ4n) is 1.68. The first kappa shape index (κ1) is 11.2. The first-order chi connectivity index (χ1) is 7.63. The van der Waals surface area contributed by atoms with Crippen LogP contribution in [-0.2, 0) is 0 Å². The molecular weight excluding hydrogens is 278 g/mol. The van der Waals surface area contributed by atoms with Crippen LogP contribution in [0.5, 0.6) is 0 Å². The summed E-state index contributed by atoms with van der Waals surface area (Å²) in [7, 11) is 0. The smallest absolute Gasteiger partial charge is 0.265 e. The maximum Gasteiger partial charge on any atom is 0.265 e. The molecule has 0 bridgehead atoms. The van der Waals surface area contributed by atoms with E-state index < -0.39 is 6.43 Å². The molecule has 2 aromatic carbocycles. The third-order valence-corrected chi connectivity index (χ3v) is 2.90. The fourth-order valence-corrected chi connectivity index (χ4v) is 2.04. The van der Waals surface area contributed by atoms with E-state index in [1.807, 2.05) is 0 Å². The lowest BCUT2D eigenvalue weighted by atomic mass is 10.00. The van der Waals surface area contributed by atoms with Gasteiger partial charge in [-0.1, -0.05) is 34.1 Å². The maximum absolute atomic E-state index is 12.9. The second-order valence-corrected chi connectivity index (χ2v) is 4.27. The Hall–Kier alpha value is -1.29. The zero-order valence-electron chi connectivity index (χ0n) is 8.08. The van der Waals surface area contributed by atoms with Crippen molar-refractivity contribution in [1.82, 2.24) is 0 Å². The summed E-state index contributed by atoms with van der Waals surface area (Å²) in [5.74, 6) is 0. The normalized spacial score (nSPS) is 11.0. The summed E-state index contributed by atoms with van der Waals surface area (Å²) in [6.07, 6.45) is -2.19. The van der Waals surface area contributed by atoms with E-state index in [4.69, 9.17) is 0 Å². The topological polar surface area (TPSA) is 17.1 Å². The molecule has 0 aliphatic heterocycles. The molecule has 82 valence electrons. The predicted molar refractivity (Wildman–Crippen MR) is 62.0 cm³/mol. The molecule has 4 heteroatoms. The van der Waals surface area contributed by atoms with Crippen molar-refractivity contribution < 1.29 is 13.6 Å². The molecule has 0 radical (unpaired) electrons. The molecule has 2 aromatic rings. The van der Waals surface area contributed by atoms with Crippen LogP contribution in [0.2, 0.25) is 0 Å². The van der Waals surface area contributed by atoms with Gasteiger partial charge >= 0.3 is 0 Å². The number of halogens is 3. The number of aldehydes is 1. The van der Waals surface area contributed by atoms with Crippen molar-refractivity contribution in [1.29, 1.82) is 0 Å². The Morgan fingerprint density at radius 1 is 1.19 bits per heavy atom. The number of carbonyl (C=O) groups excluding carboxylic acids is 1. The highest BCUT2D eigenvalue weighted by atomic mass is 79.9. The Labute approximate surface area is 99.2 Å². The average molecular weight is 285 g/mol. The van der Waals surface area contributed by atoms with E-state index in [-0.39, 0.29) is 11.1 Å². The molecule has 0 aliphatic rings. The summed E-state index contributed by atoms with van der Waals surface area (Å²) in [5, 5.41) is 1.11. The highest BCUT2D eigenvalue weighted by Crippen LogP contribution is 2.32. The third-order valence-electron chi connectivity index (χ3n) is 2.40. The number of hydrogen-bond acceptors (Lipinski definition) is 1. The van der Waals surface area contributed by atoms with Crippen LogP contribution in [0.25, 0.3) is 10.8 Å². The summed E-state index contributed by atoms with van der Waals surface area (Å²) in [4.78, 5) is 10.7. The molecule has 0 fully saturated rings. The standard InChI is InChI=1S/C12H7BrF2O/c13-9-4-3-7-1-2-8(6-16)11(12(14)15)10(7)5-9/h1-6,12H. The zero-order valence-corrected chi connectivity index (χ0v) is 9.67. The summed E-state index contributed by atoms with van der Waals surface area (Å²) >= 11 is 3.23. The van der Waals surface area contributed by atoms with Crippen LogP contribution in [0.3, 0.4) is 0 Å². The molecule has 0 atom stereocenters. The Balaban J connectivity index is 2.86. The van der Waals surface area contributed by atoms with Crippen molar-refractivity contribution in [3.8, 4) is 0 Å². The van der Waals surface area contributed by atoms with E-state index in [1.165, 1.54) is 6.07 Å². The highest BCUT2D eigenvalue weighted by Gasteiger charge is 2.16. The molecular formula is C12H7BrF2O. The van der Waals surface area contributed by atoms with Gasteiger partial charge in [-0.25, -0.2) is 8.78 Å². The molecule has 0 aliphatic carbocycles. The van der Waals surface area contributed by atoms with Crippen LogP contribution in [0.1, 0.15) is 22.3 Å². The van der Waals surface area contributed by atoms with Gasteiger partial charge < -0.3 is 0 Å². The Bertz CT molecular complexity index is 552. The van der Waals surface area contributed by atoms with Gasteiger partial charge in [0.25, 0.3) is 6.43 Å². The number of carbonyl (C=O) groups is 1. The van der Waals surface area contributed by atoms with Crippen LogP contribution >= 0.6 is 15.9 Å². The lowest BCUT2D eigenvalue weighted by molar-refractivity contribution is 0.110. The number of alkyl halides is 2. The minimum atomic E-state index is -2.65. The van der Waals surface area contributed by atoms with E-state index in [0.717, 1.165) is 0 Å². The second-order valence-electron chi connectivity index (χ2n) is 3.35. The van der Waals surface area contributed by atoms with Crippen molar-refractivity contribution in [2.24, 2.45) is 0 Å². The van der Waals surface area contributed by atoms with Crippen LogP contribution in [0.15, 0.2) is 34.8 Å². The van der Waals surface area contributed by atoms with Crippen molar-refractivity contribution in [3.63, 3.8) is 0 Å². The molecule has 16 heavy (non-hydrogen) atoms. The number of rotatable bonds is 2. The summed E-state index contributed by atoms with van der Waals surface area (Å²) in [6, 6.07) is 8.20. The summed E-state index contributed by atoms with van der Waals surface area (Å²) < 4.78 is 26.5. The van der Waals surface area contributed by atoms with Gasteiger partial charge in [-0.2, -0.15) is 0 Å². The Morgan fingerprint density at radius 2 is 1.88 bits per heavy atom. The van der Waals surface area contributed by atoms with Crippen molar-refractivity contribution >= 4 is 33.0 Å². The van der Waals surface area contributed by atoms with Gasteiger partial charge in [-0.3, -0.25) is 4.79 Å². The molecule has 0 N–H and O–H groups in total. The quantitative estimate of drug-likeness (QED) is 0.749. The van der Waals surface area contributed by atoms with Crippen LogP contribution in [0, 0.1) is 0 Å². The molecule has 0 saturated carbocycles. The maximum atomic E-state index is 12.9. The molecule has 0 unspecified atom stereocenters. The highest BCUT2D eigenvalue weighted by molar-refractivity contribution is 9.10. The predicted octanol–water partition coefficient (Wildman–Crippen LogP) is 4.35. The minimum absolute atomic E-state index is 0.0422. The monoisotopic (exact) mass is 284 g/mol. The lowest BCUT2D eigenvalue weighted by Crippen LogP contribution is -1.94. The second kappa shape index (κ2) is 4.29. The van der Waals surface area contributed by atoms with Gasteiger partial charge in [-0.05, 0) is 22.9 Å². The first-order valence-corrected chi connectivity index (χ1v) is 5.38. The average Bonchev–Trinajstić information content (AvgIpc) is 2.26. The first-order valence-electron chi connectivity index (χ1n) is 4.59. The largest absolute Gasteiger partial charge is 0.298 e. The van der Waals surface area contributed by atoms with E-state index in [1.54, 1.807) is 24.3 Å². The summed E-state index contributed by atoms with van der Waals surface area (Å²) in [6.45, 7) is 0. The lowest BCUT2D eigenvalue weighted by Gasteiger charge is -2.08. The molecule has 2 rings (SSSR count). The molecule has 0 saturated heterocycles. The van der Waals surface area contributed by atoms with E-state index in [2.05, 4.69) is 15.9 Å². The van der Waals surface area contributed by atoms with Gasteiger partial charge in [0.1, 0.15) is 0 Å². The molecule has 0 aromatic heterocycles. The fraction of sp³-hybridized carbons (Fsp3) is 0.0833. The van der Waals surface area contributed by atoms with Gasteiger partial charge in [0.15, 0.2) is 6.29 Å². The zero-order chi connectivity index (χ0) is 11.7. The molecule has 0 amide bonds. The summed E-state index contributed by atoms with van der Waals surface area (Å²) in [5.41, 5.74) is -0.158. The Kier molecular flexibility index (Phi) is 3.01. The van der Waals surface area contributed by atoms with Crippen LogP contribution < -0.4 is 0 Å². The van der Waals surface area contributed by atoms with Crippen molar-refractivity contribution in [2.45, 2.75) is 6.43 Å². The number of benzene rings is 2. The van der Waals surface area contributed by atoms with Gasteiger partial charge in [0.2, 0.25) is 0 Å². The van der Waals surface area contributed by atoms with Crippen molar-refractivity contribution in [2.75, 3.05) is 0 Å². The van der Waals surface area contributed by atoms with E-state index >= 15 is 0 Å². The molecule has 0 spiro atoms. The Morgan fingerprint density at radius 3 is 2.50 bits per heavy atom. The van der Waals surface area contributed by atoms with Gasteiger partial charge in [-0.15, -0.1) is 0 Å². The van der Waals surface area contributed by atoms with Gasteiger partial charge in [0, 0.05) is 15.6 Å². The number of hydrogen-bond donors (Lipinski definition) is 0. The van der Waals surface area contributed by atoms with Crippen molar-refractivity contribution in [3.05, 3.63) is 45.9 Å². The molecule has 1 nitrogen and oxygen atoms in total. The van der Waals surface area contributed by atoms with E-state index in [0.29, 0.717) is 21.5 Å². The third kappa shape index (κ3) is 1.85. The van der Waals surface area contributed by atoms with Crippen LogP contribution in [-0.4, -0.2) is 6.29 Å². The SMILES string of the molecule is O=Cc1ccc2ccc(Br)cc2c1C(F)F. The van der Waals surface area contributed by atoms with E-state index in [9.17, 15) is 13.6 Å².